The molecule has 0 aromatic carbocycles. The molecule has 0 amide bonds. The van der Waals surface area contributed by atoms with E-state index in [2.05, 4.69) is 57.2 Å². The van der Waals surface area contributed by atoms with Crippen LogP contribution in [-0.2, 0) is 28.6 Å². The lowest BCUT2D eigenvalue weighted by Crippen LogP contribution is -2.30. The lowest BCUT2D eigenvalue weighted by Gasteiger charge is -2.18. The Morgan fingerprint density at radius 1 is 0.247 bits per heavy atom. The Morgan fingerprint density at radius 2 is 0.444 bits per heavy atom. The van der Waals surface area contributed by atoms with E-state index in [-0.39, 0.29) is 31.1 Å². The molecule has 0 rings (SSSR count). The number of allylic oxidation sites excluding steroid dienone is 6. The van der Waals surface area contributed by atoms with Crippen molar-refractivity contribution in [2.75, 3.05) is 13.2 Å². The van der Waals surface area contributed by atoms with Crippen molar-refractivity contribution in [2.45, 2.75) is 412 Å². The maximum Gasteiger partial charge on any atom is 0.306 e. The van der Waals surface area contributed by atoms with Crippen molar-refractivity contribution in [3.05, 3.63) is 36.5 Å². The van der Waals surface area contributed by atoms with Crippen LogP contribution in [0.2, 0.25) is 0 Å². The maximum absolute atomic E-state index is 12.9. The molecule has 0 radical (unpaired) electrons. The molecule has 0 bridgehead atoms. The van der Waals surface area contributed by atoms with Crippen LogP contribution in [0.5, 0.6) is 0 Å². The van der Waals surface area contributed by atoms with E-state index in [4.69, 9.17) is 14.2 Å². The zero-order valence-corrected chi connectivity index (χ0v) is 54.8. The second-order valence-corrected chi connectivity index (χ2v) is 24.9. The van der Waals surface area contributed by atoms with E-state index in [0.29, 0.717) is 19.3 Å². The highest BCUT2D eigenvalue weighted by Gasteiger charge is 2.19. The van der Waals surface area contributed by atoms with E-state index in [9.17, 15) is 14.4 Å². The molecule has 0 heterocycles. The molecule has 1 unspecified atom stereocenters. The van der Waals surface area contributed by atoms with E-state index < -0.39 is 6.10 Å². The maximum atomic E-state index is 12.9. The van der Waals surface area contributed by atoms with Crippen LogP contribution in [0, 0.1) is 0 Å². The molecule has 0 aliphatic carbocycles. The zero-order valence-electron chi connectivity index (χ0n) is 54.8. The Balaban J connectivity index is 4.12. The summed E-state index contributed by atoms with van der Waals surface area (Å²) in [6.45, 7) is 6.69. The minimum Gasteiger partial charge on any atom is -0.462 e. The topological polar surface area (TPSA) is 78.9 Å². The number of unbranched alkanes of at least 4 members (excludes halogenated alkanes) is 51. The summed E-state index contributed by atoms with van der Waals surface area (Å²) in [5.41, 5.74) is 0. The first-order valence-corrected chi connectivity index (χ1v) is 36.5. The van der Waals surface area contributed by atoms with Gasteiger partial charge in [-0.25, -0.2) is 0 Å². The number of carbonyl (C=O) groups is 3. The van der Waals surface area contributed by atoms with Crippen LogP contribution in [0.15, 0.2) is 36.5 Å². The van der Waals surface area contributed by atoms with Crippen molar-refractivity contribution in [2.24, 2.45) is 0 Å². The lowest BCUT2D eigenvalue weighted by molar-refractivity contribution is -0.167. The number of hydrogen-bond donors (Lipinski definition) is 0. The molecule has 0 N–H and O–H groups in total. The highest BCUT2D eigenvalue weighted by molar-refractivity contribution is 5.71. The van der Waals surface area contributed by atoms with Crippen LogP contribution in [0.3, 0.4) is 0 Å². The molecular weight excluding hydrogens is 997 g/mol. The van der Waals surface area contributed by atoms with Gasteiger partial charge in [-0.1, -0.05) is 346 Å². The fourth-order valence-corrected chi connectivity index (χ4v) is 11.1. The van der Waals surface area contributed by atoms with E-state index in [1.54, 1.807) is 0 Å². The Kier molecular flexibility index (Phi) is 68.1. The summed E-state index contributed by atoms with van der Waals surface area (Å²) in [4.78, 5) is 38.4. The van der Waals surface area contributed by atoms with Gasteiger partial charge in [0.1, 0.15) is 13.2 Å². The summed E-state index contributed by atoms with van der Waals surface area (Å²) < 4.78 is 17.0. The third-order valence-corrected chi connectivity index (χ3v) is 16.6. The summed E-state index contributed by atoms with van der Waals surface area (Å²) in [5.74, 6) is -0.844. The van der Waals surface area contributed by atoms with Gasteiger partial charge in [-0.15, -0.1) is 0 Å². The molecule has 0 aliphatic rings. The predicted molar refractivity (Wildman–Crippen MR) is 353 cm³/mol. The summed E-state index contributed by atoms with van der Waals surface area (Å²) in [6, 6.07) is 0. The molecule has 0 saturated carbocycles. The largest absolute Gasteiger partial charge is 0.462 e. The highest BCUT2D eigenvalue weighted by Crippen LogP contribution is 2.19. The minimum atomic E-state index is -0.772. The molecule has 1 atom stereocenters. The van der Waals surface area contributed by atoms with Crippen LogP contribution in [0.1, 0.15) is 406 Å². The first-order chi connectivity index (χ1) is 40.0. The summed E-state index contributed by atoms with van der Waals surface area (Å²) >= 11 is 0. The molecular formula is C75H140O6. The van der Waals surface area contributed by atoms with E-state index in [0.717, 1.165) is 64.2 Å². The van der Waals surface area contributed by atoms with Gasteiger partial charge in [0, 0.05) is 19.3 Å². The summed E-state index contributed by atoms with van der Waals surface area (Å²) in [7, 11) is 0. The highest BCUT2D eigenvalue weighted by atomic mass is 16.6. The predicted octanol–water partition coefficient (Wildman–Crippen LogP) is 25.1. The molecule has 0 aromatic rings. The Hall–Kier alpha value is -2.37. The van der Waals surface area contributed by atoms with Gasteiger partial charge in [0.05, 0.1) is 0 Å². The average Bonchev–Trinajstić information content (AvgIpc) is 3.47. The molecule has 6 heteroatoms. The number of ether oxygens (including phenoxy) is 3. The van der Waals surface area contributed by atoms with Crippen molar-refractivity contribution in [1.29, 1.82) is 0 Å². The number of esters is 3. The van der Waals surface area contributed by atoms with E-state index >= 15 is 0 Å². The molecule has 0 aliphatic heterocycles. The van der Waals surface area contributed by atoms with Gasteiger partial charge in [0.2, 0.25) is 0 Å². The summed E-state index contributed by atoms with van der Waals surface area (Å²) in [5, 5.41) is 0. The molecule has 0 saturated heterocycles. The van der Waals surface area contributed by atoms with Crippen LogP contribution in [0.25, 0.3) is 0 Å². The van der Waals surface area contributed by atoms with Gasteiger partial charge in [0.15, 0.2) is 6.10 Å². The molecule has 476 valence electrons. The third kappa shape index (κ3) is 68.3. The van der Waals surface area contributed by atoms with Gasteiger partial charge < -0.3 is 14.2 Å². The van der Waals surface area contributed by atoms with Crippen molar-refractivity contribution in [3.63, 3.8) is 0 Å². The van der Waals surface area contributed by atoms with Gasteiger partial charge in [-0.2, -0.15) is 0 Å². The normalized spacial score (nSPS) is 12.2. The smallest absolute Gasteiger partial charge is 0.306 e. The number of carbonyl (C=O) groups excluding carboxylic acids is 3. The van der Waals surface area contributed by atoms with E-state index in [1.165, 1.54) is 302 Å². The Bertz CT molecular complexity index is 1350. The lowest BCUT2D eigenvalue weighted by atomic mass is 10.0. The molecule has 0 fully saturated rings. The SMILES string of the molecule is CCCCCCC/C=C\C/C=C\CCCCCCCCCCCC(=O)OC(COC(=O)CCCCCCCCCCCCC)COC(=O)CCCCCCCCCCCCCCCCCCCCC/C=C\CCCCCCCCCC. The van der Waals surface area contributed by atoms with Gasteiger partial charge in [-0.05, 0) is 77.0 Å². The Morgan fingerprint density at radius 3 is 0.691 bits per heavy atom. The fourth-order valence-electron chi connectivity index (χ4n) is 11.1. The molecule has 0 spiro atoms. The van der Waals surface area contributed by atoms with Crippen molar-refractivity contribution < 1.29 is 28.6 Å². The second-order valence-electron chi connectivity index (χ2n) is 24.9. The van der Waals surface area contributed by atoms with Crippen LogP contribution in [-0.4, -0.2) is 37.2 Å². The van der Waals surface area contributed by atoms with Crippen molar-refractivity contribution in [3.8, 4) is 0 Å². The first kappa shape index (κ1) is 78.6. The minimum absolute atomic E-state index is 0.0682. The first-order valence-electron chi connectivity index (χ1n) is 36.5. The van der Waals surface area contributed by atoms with Gasteiger partial charge in [0.25, 0.3) is 0 Å². The van der Waals surface area contributed by atoms with Gasteiger partial charge >= 0.3 is 17.9 Å². The molecule has 81 heavy (non-hydrogen) atoms. The monoisotopic (exact) mass is 1140 g/mol. The van der Waals surface area contributed by atoms with Crippen molar-refractivity contribution >= 4 is 17.9 Å². The number of hydrogen-bond acceptors (Lipinski definition) is 6. The zero-order chi connectivity index (χ0) is 58.5. The average molecular weight is 1140 g/mol. The fraction of sp³-hybridized carbons (Fsp3) is 0.880. The van der Waals surface area contributed by atoms with Crippen LogP contribution < -0.4 is 0 Å². The van der Waals surface area contributed by atoms with Crippen LogP contribution >= 0.6 is 0 Å². The quantitative estimate of drug-likeness (QED) is 0.0261. The van der Waals surface area contributed by atoms with E-state index in [1.807, 2.05) is 0 Å². The summed E-state index contributed by atoms with van der Waals surface area (Å²) in [6.07, 6.45) is 87.6. The second kappa shape index (κ2) is 70.1. The van der Waals surface area contributed by atoms with Crippen molar-refractivity contribution in [1.82, 2.24) is 0 Å². The number of rotatable bonds is 68. The third-order valence-electron chi connectivity index (χ3n) is 16.6. The van der Waals surface area contributed by atoms with Crippen LogP contribution in [0.4, 0.5) is 0 Å². The molecule has 0 aromatic heterocycles. The van der Waals surface area contributed by atoms with Gasteiger partial charge in [-0.3, -0.25) is 14.4 Å². The standard InChI is InChI=1S/C75H140O6/c1-4-7-10-13-16-19-22-24-26-28-30-32-33-34-35-36-37-38-39-40-41-43-44-46-48-50-53-56-59-62-65-68-74(77)80-71-72(70-79-73(76)67-64-61-58-55-52-21-18-15-12-9-6-3)81-75(78)69-66-63-60-57-54-51-49-47-45-42-31-29-27-25-23-20-17-14-11-8-5-2/h23,25,28-31,72H,4-22,24,26-27,32-71H2,1-3H3/b25-23-,30-28-,31-29-. The Labute approximate surface area is 506 Å². The molecule has 6 nitrogen and oxygen atoms in total.